The van der Waals surface area contributed by atoms with Gasteiger partial charge in [-0.3, -0.25) is 9.59 Å². The Bertz CT molecular complexity index is 941. The molecule has 2 amide bonds. The molecule has 3 rings (SSSR count). The number of para-hydroxylation sites is 1. The van der Waals surface area contributed by atoms with Crippen molar-refractivity contribution >= 4 is 44.8 Å². The van der Waals surface area contributed by atoms with Gasteiger partial charge in [0.05, 0.1) is 15.8 Å². The van der Waals surface area contributed by atoms with Crippen molar-refractivity contribution in [1.82, 2.24) is 0 Å². The summed E-state index contributed by atoms with van der Waals surface area (Å²) >= 11 is 1.34. The zero-order valence-corrected chi connectivity index (χ0v) is 15.0. The minimum atomic E-state index is -3.35. The number of nitrogens with one attached hydrogen (secondary N) is 2. The molecule has 2 aromatic carbocycles. The summed E-state index contributed by atoms with van der Waals surface area (Å²) in [6.45, 7) is 0. The Morgan fingerprint density at radius 2 is 1.96 bits per heavy atom. The van der Waals surface area contributed by atoms with E-state index < -0.39 is 15.1 Å². The minimum absolute atomic E-state index is 0.00601. The zero-order chi connectivity index (χ0) is 18.0. The molecule has 25 heavy (non-hydrogen) atoms. The first-order valence-electron chi connectivity index (χ1n) is 7.49. The summed E-state index contributed by atoms with van der Waals surface area (Å²) in [7, 11) is -3.35. The maximum absolute atomic E-state index is 12.2. The van der Waals surface area contributed by atoms with E-state index in [2.05, 4.69) is 10.6 Å². The molecule has 6 nitrogen and oxygen atoms in total. The number of sulfone groups is 1. The number of carbonyl (C=O) groups excluding carboxylic acids is 2. The minimum Gasteiger partial charge on any atom is -0.326 e. The Labute approximate surface area is 149 Å². The van der Waals surface area contributed by atoms with E-state index in [1.165, 1.54) is 23.9 Å². The van der Waals surface area contributed by atoms with Crippen molar-refractivity contribution in [2.45, 2.75) is 21.5 Å². The van der Waals surface area contributed by atoms with Gasteiger partial charge in [-0.15, -0.1) is 11.8 Å². The first-order chi connectivity index (χ1) is 11.8. The van der Waals surface area contributed by atoms with Crippen molar-refractivity contribution in [3.8, 4) is 0 Å². The topological polar surface area (TPSA) is 92.3 Å². The molecule has 130 valence electrons. The zero-order valence-electron chi connectivity index (χ0n) is 13.4. The van der Waals surface area contributed by atoms with E-state index in [4.69, 9.17) is 0 Å². The monoisotopic (exact) mass is 376 g/mol. The Morgan fingerprint density at radius 1 is 1.20 bits per heavy atom. The van der Waals surface area contributed by atoms with Crippen LogP contribution in [0, 0.1) is 0 Å². The summed E-state index contributed by atoms with van der Waals surface area (Å²) in [5.41, 5.74) is 1.13. The average Bonchev–Trinajstić information content (AvgIpc) is 2.55. The Hall–Kier alpha value is -2.32. The molecule has 1 atom stereocenters. The van der Waals surface area contributed by atoms with Gasteiger partial charge in [0.1, 0.15) is 0 Å². The van der Waals surface area contributed by atoms with Gasteiger partial charge in [0.15, 0.2) is 9.84 Å². The number of fused-ring (bicyclic) bond motifs is 1. The number of amides is 2. The maximum Gasteiger partial charge on any atom is 0.238 e. The van der Waals surface area contributed by atoms with Crippen LogP contribution >= 0.6 is 11.8 Å². The number of thioether (sulfide) groups is 1. The first-order valence-corrected chi connectivity index (χ1v) is 10.3. The molecule has 8 heteroatoms. The van der Waals surface area contributed by atoms with E-state index in [9.17, 15) is 18.0 Å². The molecule has 0 bridgehead atoms. The van der Waals surface area contributed by atoms with Crippen LogP contribution in [0.5, 0.6) is 0 Å². The summed E-state index contributed by atoms with van der Waals surface area (Å²) in [4.78, 5) is 25.4. The summed E-state index contributed by atoms with van der Waals surface area (Å²) in [5, 5.41) is 4.90. The molecule has 0 saturated heterocycles. The fraction of sp³-hybridized carbons (Fsp3) is 0.176. The molecule has 0 unspecified atom stereocenters. The van der Waals surface area contributed by atoms with Gasteiger partial charge < -0.3 is 10.6 Å². The summed E-state index contributed by atoms with van der Waals surface area (Å²) < 4.78 is 23.2. The summed E-state index contributed by atoms with van der Waals surface area (Å²) in [6.07, 6.45) is 1.10. The van der Waals surface area contributed by atoms with Crippen molar-refractivity contribution < 1.29 is 18.0 Å². The average molecular weight is 376 g/mol. The van der Waals surface area contributed by atoms with Gasteiger partial charge >= 0.3 is 0 Å². The highest BCUT2D eigenvalue weighted by atomic mass is 32.2. The predicted molar refractivity (Wildman–Crippen MR) is 97.5 cm³/mol. The van der Waals surface area contributed by atoms with Crippen molar-refractivity contribution in [3.63, 3.8) is 0 Å². The van der Waals surface area contributed by atoms with E-state index >= 15 is 0 Å². The van der Waals surface area contributed by atoms with Crippen LogP contribution in [0.3, 0.4) is 0 Å². The molecule has 0 saturated carbocycles. The number of hydrogen-bond donors (Lipinski definition) is 2. The Balaban J connectivity index is 1.68. The van der Waals surface area contributed by atoms with Crippen LogP contribution in [-0.4, -0.2) is 31.7 Å². The van der Waals surface area contributed by atoms with Gasteiger partial charge in [-0.1, -0.05) is 18.2 Å². The van der Waals surface area contributed by atoms with Crippen molar-refractivity contribution in [2.24, 2.45) is 0 Å². The second-order valence-corrected chi connectivity index (χ2v) is 8.90. The summed E-state index contributed by atoms with van der Waals surface area (Å²) in [6, 6.07) is 13.4. The number of anilines is 2. The lowest BCUT2D eigenvalue weighted by Gasteiger charge is -2.23. The van der Waals surface area contributed by atoms with Crippen LogP contribution < -0.4 is 10.6 Å². The molecule has 0 spiro atoms. The molecule has 2 aromatic rings. The first kappa shape index (κ1) is 17.5. The molecule has 1 heterocycles. The third-order valence-electron chi connectivity index (χ3n) is 3.62. The van der Waals surface area contributed by atoms with E-state index in [1.54, 1.807) is 12.1 Å². The number of rotatable bonds is 4. The molecular formula is C17H16N2O4S2. The molecule has 1 aliphatic heterocycles. The second kappa shape index (κ2) is 6.89. The molecule has 0 fully saturated rings. The van der Waals surface area contributed by atoms with Gasteiger partial charge in [0.2, 0.25) is 11.8 Å². The second-order valence-electron chi connectivity index (χ2n) is 5.64. The highest BCUT2D eigenvalue weighted by Crippen LogP contribution is 2.36. The van der Waals surface area contributed by atoms with E-state index in [-0.39, 0.29) is 23.1 Å². The van der Waals surface area contributed by atoms with Crippen LogP contribution in [0.15, 0.2) is 58.3 Å². The van der Waals surface area contributed by atoms with E-state index in [1.807, 2.05) is 24.3 Å². The number of benzene rings is 2. The maximum atomic E-state index is 12.2. The van der Waals surface area contributed by atoms with Crippen LogP contribution in [0.1, 0.15) is 6.42 Å². The molecule has 1 aliphatic rings. The van der Waals surface area contributed by atoms with Crippen LogP contribution in [0.2, 0.25) is 0 Å². The Kier molecular flexibility index (Phi) is 4.82. The lowest BCUT2D eigenvalue weighted by Crippen LogP contribution is -2.32. The Morgan fingerprint density at radius 3 is 2.72 bits per heavy atom. The highest BCUT2D eigenvalue weighted by Gasteiger charge is 2.28. The van der Waals surface area contributed by atoms with Gasteiger partial charge in [0, 0.05) is 23.3 Å². The van der Waals surface area contributed by atoms with Gasteiger partial charge in [-0.25, -0.2) is 8.42 Å². The van der Waals surface area contributed by atoms with Crippen LogP contribution in [-0.2, 0) is 19.4 Å². The van der Waals surface area contributed by atoms with Crippen molar-refractivity contribution in [1.29, 1.82) is 0 Å². The summed E-state index contributed by atoms with van der Waals surface area (Å²) in [5.74, 6) is -0.568. The molecule has 0 aliphatic carbocycles. The number of carbonyl (C=O) groups is 2. The van der Waals surface area contributed by atoms with E-state index in [0.29, 0.717) is 5.69 Å². The van der Waals surface area contributed by atoms with Crippen LogP contribution in [0.25, 0.3) is 0 Å². The van der Waals surface area contributed by atoms with Gasteiger partial charge in [-0.2, -0.15) is 0 Å². The molecular weight excluding hydrogens is 360 g/mol. The molecule has 2 N–H and O–H groups in total. The largest absolute Gasteiger partial charge is 0.326 e. The molecule has 0 radical (unpaired) electrons. The smallest absolute Gasteiger partial charge is 0.238 e. The third kappa shape index (κ3) is 4.21. The van der Waals surface area contributed by atoms with Crippen LogP contribution in [0.4, 0.5) is 11.4 Å². The highest BCUT2D eigenvalue weighted by molar-refractivity contribution is 8.01. The quantitative estimate of drug-likeness (QED) is 0.855. The number of hydrogen-bond acceptors (Lipinski definition) is 5. The molecule has 0 aromatic heterocycles. The standard InChI is InChI=1S/C17H16N2O4S2/c1-25(22,23)12-6-4-5-11(9-12)18-16(20)10-15-17(21)19-13-7-2-3-8-14(13)24-15/h2-9,15H,10H2,1H3,(H,18,20)(H,19,21)/t15-/m0/s1. The van der Waals surface area contributed by atoms with Gasteiger partial charge in [-0.05, 0) is 30.3 Å². The van der Waals surface area contributed by atoms with Crippen molar-refractivity contribution in [2.75, 3.05) is 16.9 Å². The fourth-order valence-electron chi connectivity index (χ4n) is 2.41. The fourth-order valence-corrected chi connectivity index (χ4v) is 4.19. The predicted octanol–water partition coefficient (Wildman–Crippen LogP) is 2.53. The lowest BCUT2D eigenvalue weighted by molar-refractivity contribution is -0.120. The van der Waals surface area contributed by atoms with Gasteiger partial charge in [0.25, 0.3) is 0 Å². The van der Waals surface area contributed by atoms with Crippen molar-refractivity contribution in [3.05, 3.63) is 48.5 Å². The third-order valence-corrected chi connectivity index (χ3v) is 6.01. The lowest BCUT2D eigenvalue weighted by atomic mass is 10.2. The SMILES string of the molecule is CS(=O)(=O)c1cccc(NC(=O)C[C@@H]2Sc3ccccc3NC2=O)c1. The normalized spacial score (nSPS) is 16.7. The van der Waals surface area contributed by atoms with E-state index in [0.717, 1.165) is 16.8 Å².